The molecular weight excluding hydrogens is 392 g/mol. The second kappa shape index (κ2) is 9.87. The zero-order chi connectivity index (χ0) is 22.1. The number of hydrogen-bond donors (Lipinski definition) is 1. The standard InChI is InChI=1S/C28H44N4/c1-21(2)22-7-9-25(10-8-22)31-17-13-26(14-18-31)32-20-23(27-5-3-4-6-28(27)32)19-30-15-11-24(29)12-16-30/h3-6,20-22,24-26H,7-19,29H2,1-2H3/t22-,25+. The maximum absolute atomic E-state index is 6.13. The summed E-state index contributed by atoms with van der Waals surface area (Å²) in [6.07, 6.45) is 13.1. The van der Waals surface area contributed by atoms with Gasteiger partial charge in [0.1, 0.15) is 0 Å². The molecule has 0 atom stereocenters. The Morgan fingerprint density at radius 3 is 2.22 bits per heavy atom. The number of aromatic nitrogens is 1. The van der Waals surface area contributed by atoms with E-state index in [-0.39, 0.29) is 0 Å². The third kappa shape index (κ3) is 4.78. The van der Waals surface area contributed by atoms with Crippen LogP contribution in [0.2, 0.25) is 0 Å². The fourth-order valence-electron chi connectivity index (χ4n) is 6.72. The minimum Gasteiger partial charge on any atom is -0.344 e. The molecule has 1 aliphatic carbocycles. The van der Waals surface area contributed by atoms with E-state index in [1.807, 2.05) is 0 Å². The van der Waals surface area contributed by atoms with Crippen LogP contribution in [-0.2, 0) is 6.54 Å². The van der Waals surface area contributed by atoms with E-state index in [4.69, 9.17) is 5.73 Å². The molecule has 3 aliphatic rings. The maximum Gasteiger partial charge on any atom is 0.0486 e. The fraction of sp³-hybridized carbons (Fsp3) is 0.714. The molecule has 0 amide bonds. The van der Waals surface area contributed by atoms with Crippen molar-refractivity contribution in [3.8, 4) is 0 Å². The molecule has 0 radical (unpaired) electrons. The highest BCUT2D eigenvalue weighted by atomic mass is 15.2. The molecule has 2 aromatic rings. The highest BCUT2D eigenvalue weighted by Crippen LogP contribution is 2.36. The summed E-state index contributed by atoms with van der Waals surface area (Å²) in [6, 6.07) is 11.0. The third-order valence-electron chi connectivity index (χ3n) is 8.94. The van der Waals surface area contributed by atoms with Gasteiger partial charge in [-0.15, -0.1) is 0 Å². The first kappa shape index (κ1) is 22.4. The molecule has 3 heterocycles. The number of benzene rings is 1. The summed E-state index contributed by atoms with van der Waals surface area (Å²) in [5.41, 5.74) is 9.07. The van der Waals surface area contributed by atoms with E-state index >= 15 is 0 Å². The number of hydrogen-bond acceptors (Lipinski definition) is 3. The van der Waals surface area contributed by atoms with Gasteiger partial charge in [-0.3, -0.25) is 4.90 Å². The van der Waals surface area contributed by atoms with Gasteiger partial charge in [0.15, 0.2) is 0 Å². The quantitative estimate of drug-likeness (QED) is 0.680. The Balaban J connectivity index is 1.24. The molecule has 0 unspecified atom stereocenters. The van der Waals surface area contributed by atoms with Crippen LogP contribution in [0.25, 0.3) is 10.9 Å². The normalized spacial score (nSPS) is 27.5. The largest absolute Gasteiger partial charge is 0.344 e. The first-order valence-corrected chi connectivity index (χ1v) is 13.4. The van der Waals surface area contributed by atoms with Crippen molar-refractivity contribution < 1.29 is 0 Å². The lowest BCUT2D eigenvalue weighted by Gasteiger charge is -2.42. The van der Waals surface area contributed by atoms with Crippen LogP contribution in [0.4, 0.5) is 0 Å². The molecule has 2 N–H and O–H groups in total. The molecule has 3 fully saturated rings. The molecular formula is C28H44N4. The number of fused-ring (bicyclic) bond motifs is 1. The SMILES string of the molecule is CC(C)[C@H]1CC[C@@H](N2CCC(n3cc(CN4CCC(N)CC4)c4ccccc43)CC2)CC1. The molecule has 5 rings (SSSR count). The summed E-state index contributed by atoms with van der Waals surface area (Å²) < 4.78 is 2.63. The average molecular weight is 437 g/mol. The first-order valence-electron chi connectivity index (χ1n) is 13.4. The Bertz CT molecular complexity index is 863. The van der Waals surface area contributed by atoms with E-state index < -0.39 is 0 Å². The molecule has 1 aromatic heterocycles. The third-order valence-corrected chi connectivity index (χ3v) is 8.94. The average Bonchev–Trinajstić information content (AvgIpc) is 3.19. The van der Waals surface area contributed by atoms with E-state index in [0.717, 1.165) is 50.4 Å². The molecule has 2 saturated heterocycles. The van der Waals surface area contributed by atoms with Crippen LogP contribution in [-0.4, -0.2) is 52.6 Å². The number of para-hydroxylation sites is 1. The van der Waals surface area contributed by atoms with Gasteiger partial charge in [-0.1, -0.05) is 32.0 Å². The van der Waals surface area contributed by atoms with E-state index in [1.165, 1.54) is 68.1 Å². The zero-order valence-electron chi connectivity index (χ0n) is 20.4. The molecule has 0 bridgehead atoms. The van der Waals surface area contributed by atoms with E-state index in [1.54, 1.807) is 0 Å². The minimum absolute atomic E-state index is 0.401. The molecule has 4 heteroatoms. The number of nitrogens with zero attached hydrogens (tertiary/aromatic N) is 3. The summed E-state index contributed by atoms with van der Waals surface area (Å²) in [5.74, 6) is 1.82. The maximum atomic E-state index is 6.13. The van der Waals surface area contributed by atoms with Gasteiger partial charge in [-0.2, -0.15) is 0 Å². The second-order valence-electron chi connectivity index (χ2n) is 11.3. The first-order chi connectivity index (χ1) is 15.6. The molecule has 176 valence electrons. The molecule has 1 saturated carbocycles. The van der Waals surface area contributed by atoms with Crippen LogP contribution in [0.15, 0.2) is 30.5 Å². The molecule has 4 nitrogen and oxygen atoms in total. The monoisotopic (exact) mass is 436 g/mol. The Morgan fingerprint density at radius 1 is 0.844 bits per heavy atom. The summed E-state index contributed by atoms with van der Waals surface area (Å²) in [6.45, 7) is 10.7. The van der Waals surface area contributed by atoms with E-state index in [0.29, 0.717) is 12.1 Å². The predicted molar refractivity (Wildman–Crippen MR) is 135 cm³/mol. The van der Waals surface area contributed by atoms with Crippen molar-refractivity contribution in [1.29, 1.82) is 0 Å². The van der Waals surface area contributed by atoms with E-state index in [2.05, 4.69) is 58.7 Å². The number of piperidine rings is 2. The van der Waals surface area contributed by atoms with Gasteiger partial charge in [0.05, 0.1) is 0 Å². The summed E-state index contributed by atoms with van der Waals surface area (Å²) in [5, 5.41) is 1.46. The number of likely N-dealkylation sites (tertiary alicyclic amines) is 2. The van der Waals surface area contributed by atoms with Crippen molar-refractivity contribution in [2.75, 3.05) is 26.2 Å². The summed E-state index contributed by atoms with van der Waals surface area (Å²) in [4.78, 5) is 5.43. The zero-order valence-corrected chi connectivity index (χ0v) is 20.4. The van der Waals surface area contributed by atoms with Crippen LogP contribution >= 0.6 is 0 Å². The van der Waals surface area contributed by atoms with Crippen LogP contribution in [0.3, 0.4) is 0 Å². The van der Waals surface area contributed by atoms with Crippen molar-refractivity contribution in [2.45, 2.75) is 89.9 Å². The molecule has 1 aromatic carbocycles. The van der Waals surface area contributed by atoms with Gasteiger partial charge in [0.2, 0.25) is 0 Å². The van der Waals surface area contributed by atoms with Gasteiger partial charge in [0, 0.05) is 54.9 Å². The van der Waals surface area contributed by atoms with Crippen molar-refractivity contribution in [3.63, 3.8) is 0 Å². The van der Waals surface area contributed by atoms with Gasteiger partial charge >= 0.3 is 0 Å². The van der Waals surface area contributed by atoms with Crippen LogP contribution < -0.4 is 5.73 Å². The highest BCUT2D eigenvalue weighted by Gasteiger charge is 2.31. The lowest BCUT2D eigenvalue weighted by Crippen LogP contribution is -2.43. The molecule has 0 spiro atoms. The second-order valence-corrected chi connectivity index (χ2v) is 11.3. The van der Waals surface area contributed by atoms with Crippen molar-refractivity contribution >= 4 is 10.9 Å². The van der Waals surface area contributed by atoms with Crippen molar-refractivity contribution in [2.24, 2.45) is 17.6 Å². The van der Waals surface area contributed by atoms with Gasteiger partial charge in [-0.05, 0) is 87.9 Å². The molecule has 32 heavy (non-hydrogen) atoms. The molecule has 2 aliphatic heterocycles. The fourth-order valence-corrected chi connectivity index (χ4v) is 6.72. The topological polar surface area (TPSA) is 37.4 Å². The van der Waals surface area contributed by atoms with Crippen LogP contribution in [0, 0.1) is 11.8 Å². The number of rotatable bonds is 5. The van der Waals surface area contributed by atoms with Crippen LogP contribution in [0.1, 0.15) is 76.8 Å². The minimum atomic E-state index is 0.401. The smallest absolute Gasteiger partial charge is 0.0486 e. The lowest BCUT2D eigenvalue weighted by atomic mass is 9.79. The van der Waals surface area contributed by atoms with Crippen molar-refractivity contribution in [1.82, 2.24) is 14.4 Å². The van der Waals surface area contributed by atoms with Gasteiger partial charge in [-0.25, -0.2) is 0 Å². The predicted octanol–water partition coefficient (Wildman–Crippen LogP) is 5.42. The Kier molecular flexibility index (Phi) is 6.92. The van der Waals surface area contributed by atoms with Gasteiger partial charge in [0.25, 0.3) is 0 Å². The highest BCUT2D eigenvalue weighted by molar-refractivity contribution is 5.84. The summed E-state index contributed by atoms with van der Waals surface area (Å²) in [7, 11) is 0. The lowest BCUT2D eigenvalue weighted by molar-refractivity contribution is 0.0893. The Labute approximate surface area is 195 Å². The van der Waals surface area contributed by atoms with Gasteiger partial charge < -0.3 is 15.2 Å². The van der Waals surface area contributed by atoms with E-state index in [9.17, 15) is 0 Å². The Hall–Kier alpha value is -1.36. The summed E-state index contributed by atoms with van der Waals surface area (Å²) >= 11 is 0. The van der Waals surface area contributed by atoms with Crippen molar-refractivity contribution in [3.05, 3.63) is 36.0 Å². The van der Waals surface area contributed by atoms with Crippen LogP contribution in [0.5, 0.6) is 0 Å². The Morgan fingerprint density at radius 2 is 1.53 bits per heavy atom. The number of nitrogens with two attached hydrogens (primary N) is 1.